The molecule has 3 nitrogen and oxygen atoms in total. The molecule has 0 aromatic carbocycles. The Labute approximate surface area is 109 Å². The van der Waals surface area contributed by atoms with Crippen molar-refractivity contribution < 1.29 is 9.09 Å². The van der Waals surface area contributed by atoms with E-state index in [0.29, 0.717) is 24.6 Å². The summed E-state index contributed by atoms with van der Waals surface area (Å²) in [6.07, 6.45) is 5.01. The monoisotopic (exact) mass is 267 g/mol. The second kappa shape index (κ2) is 5.54. The predicted molar refractivity (Wildman–Crippen MR) is 74.5 cm³/mol. The van der Waals surface area contributed by atoms with Gasteiger partial charge in [0.05, 0.1) is 6.61 Å². The number of hydrogen-bond donors (Lipinski definition) is 0. The molecule has 0 saturated heterocycles. The second-order valence-corrected chi connectivity index (χ2v) is 7.94. The zero-order valence-corrected chi connectivity index (χ0v) is 12.3. The SMILES string of the molecule is CCOP(C)(=O)C[C@H](c1ccnc(C)c1)C1CC1. The zero-order chi connectivity index (χ0) is 13.2. The summed E-state index contributed by atoms with van der Waals surface area (Å²) in [5.41, 5.74) is 2.30. The Morgan fingerprint density at radius 1 is 1.56 bits per heavy atom. The van der Waals surface area contributed by atoms with Crippen molar-refractivity contribution >= 4 is 7.37 Å². The minimum absolute atomic E-state index is 0.370. The van der Waals surface area contributed by atoms with Crippen LogP contribution in [0.25, 0.3) is 0 Å². The van der Waals surface area contributed by atoms with Gasteiger partial charge in [0.15, 0.2) is 0 Å². The van der Waals surface area contributed by atoms with E-state index < -0.39 is 7.37 Å². The van der Waals surface area contributed by atoms with Gasteiger partial charge in [-0.25, -0.2) is 0 Å². The van der Waals surface area contributed by atoms with Gasteiger partial charge in [-0.1, -0.05) is 0 Å². The Balaban J connectivity index is 2.16. The number of aromatic nitrogens is 1. The van der Waals surface area contributed by atoms with Crippen LogP contribution in [-0.2, 0) is 9.09 Å². The summed E-state index contributed by atoms with van der Waals surface area (Å²) >= 11 is 0. The van der Waals surface area contributed by atoms with Crippen molar-refractivity contribution in [3.8, 4) is 0 Å². The minimum atomic E-state index is -2.46. The average Bonchev–Trinajstić information content (AvgIpc) is 3.09. The second-order valence-electron chi connectivity index (χ2n) is 5.29. The van der Waals surface area contributed by atoms with E-state index in [0.717, 1.165) is 5.69 Å². The molecular formula is C14H22NO2P. The molecule has 2 rings (SSSR count). The van der Waals surface area contributed by atoms with Crippen LogP contribution in [0.5, 0.6) is 0 Å². The highest BCUT2D eigenvalue weighted by Gasteiger charge is 2.36. The van der Waals surface area contributed by atoms with Gasteiger partial charge in [-0.2, -0.15) is 0 Å². The van der Waals surface area contributed by atoms with Crippen LogP contribution in [0.15, 0.2) is 18.3 Å². The molecule has 0 radical (unpaired) electrons. The van der Waals surface area contributed by atoms with Crippen LogP contribution >= 0.6 is 7.37 Å². The molecule has 1 unspecified atom stereocenters. The first-order valence-electron chi connectivity index (χ1n) is 6.65. The largest absolute Gasteiger partial charge is 0.329 e. The first kappa shape index (κ1) is 13.8. The molecule has 4 heteroatoms. The molecule has 0 bridgehead atoms. The molecule has 1 aliphatic rings. The van der Waals surface area contributed by atoms with Crippen molar-refractivity contribution in [2.24, 2.45) is 5.92 Å². The van der Waals surface area contributed by atoms with E-state index >= 15 is 0 Å². The van der Waals surface area contributed by atoms with Crippen LogP contribution in [0.3, 0.4) is 0 Å². The van der Waals surface area contributed by atoms with E-state index in [-0.39, 0.29) is 0 Å². The molecule has 0 amide bonds. The molecule has 1 aliphatic carbocycles. The lowest BCUT2D eigenvalue weighted by atomic mass is 9.96. The molecule has 0 aliphatic heterocycles. The molecule has 1 aromatic heterocycles. The Morgan fingerprint density at radius 3 is 2.83 bits per heavy atom. The highest BCUT2D eigenvalue weighted by molar-refractivity contribution is 7.58. The molecule has 1 saturated carbocycles. The summed E-state index contributed by atoms with van der Waals surface area (Å²) in [6, 6.07) is 4.18. The van der Waals surface area contributed by atoms with Crippen molar-refractivity contribution in [1.29, 1.82) is 0 Å². The van der Waals surface area contributed by atoms with Gasteiger partial charge in [0.25, 0.3) is 0 Å². The predicted octanol–water partition coefficient (Wildman–Crippen LogP) is 3.83. The van der Waals surface area contributed by atoms with Crippen LogP contribution in [-0.4, -0.2) is 24.4 Å². The average molecular weight is 267 g/mol. The maximum Gasteiger partial charge on any atom is 0.200 e. The van der Waals surface area contributed by atoms with Gasteiger partial charge < -0.3 is 4.52 Å². The summed E-state index contributed by atoms with van der Waals surface area (Å²) in [6.45, 7) is 6.20. The van der Waals surface area contributed by atoms with E-state index in [1.165, 1.54) is 18.4 Å². The molecule has 0 N–H and O–H groups in total. The van der Waals surface area contributed by atoms with Crippen LogP contribution in [0.1, 0.15) is 36.9 Å². The van der Waals surface area contributed by atoms with Crippen LogP contribution in [0.4, 0.5) is 0 Å². The molecule has 1 heterocycles. The van der Waals surface area contributed by atoms with Crippen molar-refractivity contribution in [1.82, 2.24) is 4.98 Å². The standard InChI is InChI=1S/C14H22NO2P/c1-4-17-18(3,16)10-14(12-5-6-12)13-7-8-15-11(2)9-13/h7-9,12,14H,4-6,10H2,1-3H3/t14-,18?/m0/s1. The lowest BCUT2D eigenvalue weighted by Gasteiger charge is -2.21. The number of hydrogen-bond acceptors (Lipinski definition) is 3. The van der Waals surface area contributed by atoms with Gasteiger partial charge in [-0.15, -0.1) is 0 Å². The van der Waals surface area contributed by atoms with Crippen molar-refractivity contribution in [2.75, 3.05) is 19.4 Å². The Morgan fingerprint density at radius 2 is 2.28 bits per heavy atom. The third-order valence-corrected chi connectivity index (χ3v) is 5.33. The molecular weight excluding hydrogens is 245 g/mol. The smallest absolute Gasteiger partial charge is 0.200 e. The first-order valence-corrected chi connectivity index (χ1v) is 8.91. The lowest BCUT2D eigenvalue weighted by molar-refractivity contribution is 0.334. The summed E-state index contributed by atoms with van der Waals surface area (Å²) in [7, 11) is -2.46. The Hall–Kier alpha value is -0.660. The third kappa shape index (κ3) is 3.66. The maximum absolute atomic E-state index is 12.4. The molecule has 1 fully saturated rings. The molecule has 0 spiro atoms. The fourth-order valence-electron chi connectivity index (χ4n) is 2.51. The maximum atomic E-state index is 12.4. The normalized spacial score (nSPS) is 20.4. The zero-order valence-electron chi connectivity index (χ0n) is 11.4. The van der Waals surface area contributed by atoms with E-state index in [1.54, 1.807) is 6.66 Å². The minimum Gasteiger partial charge on any atom is -0.329 e. The van der Waals surface area contributed by atoms with Crippen molar-refractivity contribution in [3.05, 3.63) is 29.6 Å². The van der Waals surface area contributed by atoms with E-state index in [2.05, 4.69) is 17.1 Å². The van der Waals surface area contributed by atoms with Crippen molar-refractivity contribution in [3.63, 3.8) is 0 Å². The number of nitrogens with zero attached hydrogens (tertiary/aromatic N) is 1. The summed E-state index contributed by atoms with van der Waals surface area (Å²) in [5, 5.41) is 0. The molecule has 18 heavy (non-hydrogen) atoms. The van der Waals surface area contributed by atoms with Crippen LogP contribution in [0.2, 0.25) is 0 Å². The van der Waals surface area contributed by atoms with Crippen LogP contribution < -0.4 is 0 Å². The van der Waals surface area contributed by atoms with Gasteiger partial charge in [0, 0.05) is 24.7 Å². The van der Waals surface area contributed by atoms with E-state index in [4.69, 9.17) is 4.52 Å². The highest BCUT2D eigenvalue weighted by atomic mass is 31.2. The lowest BCUT2D eigenvalue weighted by Crippen LogP contribution is -2.09. The van der Waals surface area contributed by atoms with E-state index in [1.807, 2.05) is 20.0 Å². The fourth-order valence-corrected chi connectivity index (χ4v) is 4.38. The molecule has 100 valence electrons. The van der Waals surface area contributed by atoms with Gasteiger partial charge in [0.1, 0.15) is 0 Å². The number of rotatable bonds is 6. The van der Waals surface area contributed by atoms with Gasteiger partial charge in [-0.05, 0) is 56.2 Å². The number of aryl methyl sites for hydroxylation is 1. The van der Waals surface area contributed by atoms with Crippen LogP contribution in [0, 0.1) is 12.8 Å². The van der Waals surface area contributed by atoms with Gasteiger partial charge in [0.2, 0.25) is 7.37 Å². The summed E-state index contributed by atoms with van der Waals surface area (Å²) in [5.74, 6) is 1.05. The number of pyridine rings is 1. The summed E-state index contributed by atoms with van der Waals surface area (Å²) < 4.78 is 17.8. The van der Waals surface area contributed by atoms with E-state index in [9.17, 15) is 4.57 Å². The van der Waals surface area contributed by atoms with Gasteiger partial charge >= 0.3 is 0 Å². The topological polar surface area (TPSA) is 39.2 Å². The molecule has 2 atom stereocenters. The first-order chi connectivity index (χ1) is 8.52. The van der Waals surface area contributed by atoms with Gasteiger partial charge in [-0.3, -0.25) is 9.55 Å². The van der Waals surface area contributed by atoms with Crippen molar-refractivity contribution in [2.45, 2.75) is 32.6 Å². The summed E-state index contributed by atoms with van der Waals surface area (Å²) in [4.78, 5) is 4.23. The third-order valence-electron chi connectivity index (χ3n) is 3.47. The highest BCUT2D eigenvalue weighted by Crippen LogP contribution is 2.53. The Bertz CT molecular complexity index is 457. The fraction of sp³-hybridized carbons (Fsp3) is 0.643. The molecule has 1 aromatic rings. The Kier molecular flexibility index (Phi) is 4.24. The quantitative estimate of drug-likeness (QED) is 0.735.